The van der Waals surface area contributed by atoms with Crippen LogP contribution in [0.4, 0.5) is 19.1 Å². The number of hydrogen-bond donors (Lipinski definition) is 1. The fraction of sp³-hybridized carbons (Fsp3) is 0.429. The third-order valence-corrected chi connectivity index (χ3v) is 1.57. The normalized spacial score (nSPS) is 11.5. The molecule has 0 unspecified atom stereocenters. The highest BCUT2D eigenvalue weighted by Gasteiger charge is 2.28. The van der Waals surface area contributed by atoms with Gasteiger partial charge in [-0.15, -0.1) is 11.6 Å². The molecule has 8 heteroatoms. The monoisotopic (exact) mass is 241 g/mol. The van der Waals surface area contributed by atoms with Gasteiger partial charge in [-0.05, 0) is 0 Å². The lowest BCUT2D eigenvalue weighted by atomic mass is 10.4. The lowest BCUT2D eigenvalue weighted by Gasteiger charge is -2.08. The highest BCUT2D eigenvalue weighted by atomic mass is 35.5. The number of hydrogen-bond acceptors (Lipinski definition) is 4. The van der Waals surface area contributed by atoms with E-state index >= 15 is 0 Å². The van der Waals surface area contributed by atoms with Crippen LogP contribution in [0.3, 0.4) is 0 Å². The molecule has 2 N–H and O–H groups in total. The van der Waals surface area contributed by atoms with E-state index in [0.29, 0.717) is 5.69 Å². The summed E-state index contributed by atoms with van der Waals surface area (Å²) in [5.74, 6) is -0.393. The second-order valence-electron chi connectivity index (χ2n) is 2.59. The van der Waals surface area contributed by atoms with Gasteiger partial charge in [0.15, 0.2) is 6.61 Å². The van der Waals surface area contributed by atoms with E-state index in [-0.39, 0.29) is 17.7 Å². The third-order valence-electron chi connectivity index (χ3n) is 1.29. The number of ether oxygens (including phenoxy) is 1. The van der Waals surface area contributed by atoms with E-state index in [4.69, 9.17) is 17.3 Å². The van der Waals surface area contributed by atoms with Gasteiger partial charge in [-0.2, -0.15) is 18.2 Å². The summed E-state index contributed by atoms with van der Waals surface area (Å²) in [5, 5.41) is 0. The summed E-state index contributed by atoms with van der Waals surface area (Å²) in [6, 6.07) is 1.20. The Kier molecular flexibility index (Phi) is 3.57. The maximum Gasteiger partial charge on any atom is 0.422 e. The molecule has 1 aromatic rings. The molecule has 0 aromatic carbocycles. The van der Waals surface area contributed by atoms with Crippen LogP contribution in [0.15, 0.2) is 6.07 Å². The van der Waals surface area contributed by atoms with E-state index in [9.17, 15) is 13.2 Å². The minimum Gasteiger partial charge on any atom is -0.468 e. The first-order valence-electron chi connectivity index (χ1n) is 3.79. The predicted molar refractivity (Wildman–Crippen MR) is 47.6 cm³/mol. The smallest absolute Gasteiger partial charge is 0.422 e. The summed E-state index contributed by atoms with van der Waals surface area (Å²) in [6.07, 6.45) is -4.42. The van der Waals surface area contributed by atoms with Crippen molar-refractivity contribution in [1.29, 1.82) is 0 Å². The summed E-state index contributed by atoms with van der Waals surface area (Å²) < 4.78 is 39.8. The Balaban J connectivity index is 2.73. The fourth-order valence-corrected chi connectivity index (χ4v) is 0.927. The minimum atomic E-state index is -4.42. The first kappa shape index (κ1) is 11.8. The lowest BCUT2D eigenvalue weighted by molar-refractivity contribution is -0.154. The predicted octanol–water partition coefficient (Wildman–Crippen LogP) is 1.74. The molecule has 0 saturated heterocycles. The highest BCUT2D eigenvalue weighted by Crippen LogP contribution is 2.18. The zero-order valence-corrected chi connectivity index (χ0v) is 8.14. The maximum absolute atomic E-state index is 11.8. The Bertz CT molecular complexity index is 345. The van der Waals surface area contributed by atoms with Gasteiger partial charge in [-0.1, -0.05) is 0 Å². The van der Waals surface area contributed by atoms with Crippen molar-refractivity contribution in [2.24, 2.45) is 0 Å². The van der Waals surface area contributed by atoms with Crippen LogP contribution >= 0.6 is 11.6 Å². The second-order valence-corrected chi connectivity index (χ2v) is 2.86. The number of aromatic nitrogens is 2. The van der Waals surface area contributed by atoms with Crippen LogP contribution in [0.5, 0.6) is 5.88 Å². The third kappa shape index (κ3) is 4.20. The van der Waals surface area contributed by atoms with Gasteiger partial charge >= 0.3 is 6.18 Å². The van der Waals surface area contributed by atoms with Crippen molar-refractivity contribution in [3.63, 3.8) is 0 Å². The first-order chi connectivity index (χ1) is 6.90. The molecule has 84 valence electrons. The van der Waals surface area contributed by atoms with Gasteiger partial charge in [-0.3, -0.25) is 0 Å². The molecule has 0 bridgehead atoms. The van der Waals surface area contributed by atoms with Crippen molar-refractivity contribution in [3.8, 4) is 5.88 Å². The Morgan fingerprint density at radius 1 is 1.40 bits per heavy atom. The second kappa shape index (κ2) is 4.52. The molecule has 0 aliphatic rings. The number of halogens is 4. The van der Waals surface area contributed by atoms with Crippen LogP contribution in [0.25, 0.3) is 0 Å². The van der Waals surface area contributed by atoms with Gasteiger partial charge in [0.05, 0.1) is 11.6 Å². The summed E-state index contributed by atoms with van der Waals surface area (Å²) in [7, 11) is 0. The molecular formula is C7H7ClF3N3O. The zero-order chi connectivity index (χ0) is 11.5. The van der Waals surface area contributed by atoms with Crippen molar-refractivity contribution in [1.82, 2.24) is 9.97 Å². The molecule has 0 atom stereocenters. The molecular weight excluding hydrogens is 235 g/mol. The van der Waals surface area contributed by atoms with E-state index in [2.05, 4.69) is 14.7 Å². The quantitative estimate of drug-likeness (QED) is 0.819. The van der Waals surface area contributed by atoms with E-state index < -0.39 is 12.8 Å². The molecule has 0 aliphatic heterocycles. The fourth-order valence-electron chi connectivity index (χ4n) is 0.790. The number of nitrogen functional groups attached to an aromatic ring is 1. The van der Waals surface area contributed by atoms with Crippen LogP contribution < -0.4 is 10.5 Å². The van der Waals surface area contributed by atoms with Crippen LogP contribution in [0.2, 0.25) is 0 Å². The minimum absolute atomic E-state index is 0.0229. The molecule has 0 fully saturated rings. The van der Waals surface area contributed by atoms with Crippen LogP contribution in [0.1, 0.15) is 5.69 Å². The maximum atomic E-state index is 11.8. The average molecular weight is 242 g/mol. The van der Waals surface area contributed by atoms with E-state index in [1.54, 1.807) is 0 Å². The van der Waals surface area contributed by atoms with E-state index in [1.165, 1.54) is 6.07 Å². The van der Waals surface area contributed by atoms with Crippen LogP contribution in [-0.2, 0) is 5.88 Å². The highest BCUT2D eigenvalue weighted by molar-refractivity contribution is 6.16. The van der Waals surface area contributed by atoms with E-state index in [0.717, 1.165) is 0 Å². The van der Waals surface area contributed by atoms with Gasteiger partial charge in [0.2, 0.25) is 11.8 Å². The molecule has 0 radical (unpaired) electrons. The number of nitrogens with two attached hydrogens (primary N) is 1. The van der Waals surface area contributed by atoms with Crippen molar-refractivity contribution in [3.05, 3.63) is 11.8 Å². The Morgan fingerprint density at radius 2 is 2.07 bits per heavy atom. The van der Waals surface area contributed by atoms with Crippen molar-refractivity contribution in [2.45, 2.75) is 12.1 Å². The Morgan fingerprint density at radius 3 is 2.60 bits per heavy atom. The number of nitrogens with zero attached hydrogens (tertiary/aromatic N) is 2. The number of alkyl halides is 4. The standard InChI is InChI=1S/C7H7ClF3N3O/c8-2-4-1-5(14-6(12)13-4)15-3-7(9,10)11/h1H,2-3H2,(H2,12,13,14). The van der Waals surface area contributed by atoms with Crippen LogP contribution in [0, 0.1) is 0 Å². The molecule has 0 saturated carbocycles. The summed E-state index contributed by atoms with van der Waals surface area (Å²) in [6.45, 7) is -1.43. The SMILES string of the molecule is Nc1nc(CCl)cc(OCC(F)(F)F)n1. The zero-order valence-electron chi connectivity index (χ0n) is 7.38. The largest absolute Gasteiger partial charge is 0.468 e. The molecule has 0 spiro atoms. The van der Waals surface area contributed by atoms with Gasteiger partial charge < -0.3 is 10.5 Å². The van der Waals surface area contributed by atoms with Crippen molar-refractivity contribution < 1.29 is 17.9 Å². The van der Waals surface area contributed by atoms with E-state index in [1.807, 2.05) is 0 Å². The average Bonchev–Trinajstić information content (AvgIpc) is 2.13. The summed E-state index contributed by atoms with van der Waals surface area (Å²) in [5.41, 5.74) is 5.54. The topological polar surface area (TPSA) is 61.0 Å². The molecule has 4 nitrogen and oxygen atoms in total. The molecule has 1 rings (SSSR count). The molecule has 0 amide bonds. The molecule has 0 aliphatic carbocycles. The molecule has 1 aromatic heterocycles. The van der Waals surface area contributed by atoms with Crippen molar-refractivity contribution >= 4 is 17.5 Å². The number of anilines is 1. The van der Waals surface area contributed by atoms with Gasteiger partial charge in [0, 0.05) is 6.07 Å². The van der Waals surface area contributed by atoms with Gasteiger partial charge in [0.25, 0.3) is 0 Å². The Hall–Kier alpha value is -1.24. The van der Waals surface area contributed by atoms with Gasteiger partial charge in [0.1, 0.15) is 0 Å². The first-order valence-corrected chi connectivity index (χ1v) is 4.33. The lowest BCUT2D eigenvalue weighted by Crippen LogP contribution is -2.20. The number of rotatable bonds is 3. The molecule has 15 heavy (non-hydrogen) atoms. The Labute approximate surface area is 88.2 Å². The molecule has 1 heterocycles. The summed E-state index contributed by atoms with van der Waals surface area (Å²) >= 11 is 5.44. The summed E-state index contributed by atoms with van der Waals surface area (Å²) in [4.78, 5) is 7.14. The van der Waals surface area contributed by atoms with Crippen molar-refractivity contribution in [2.75, 3.05) is 12.3 Å². The van der Waals surface area contributed by atoms with Crippen LogP contribution in [-0.4, -0.2) is 22.8 Å². The van der Waals surface area contributed by atoms with Gasteiger partial charge in [-0.25, -0.2) is 4.98 Å².